The number of hydrogen-bond acceptors (Lipinski definition) is 2. The van der Waals surface area contributed by atoms with Crippen LogP contribution in [0, 0.1) is 9.49 Å². The van der Waals surface area contributed by atoms with Crippen molar-refractivity contribution >= 4 is 50.2 Å². The van der Waals surface area contributed by atoms with Crippen molar-refractivity contribution in [1.82, 2.24) is 0 Å². The summed E-state index contributed by atoms with van der Waals surface area (Å²) in [7, 11) is 0. The van der Waals surface area contributed by atoms with Crippen molar-refractivity contribution in [2.45, 2.75) is 31.7 Å². The largest absolute Gasteiger partial charge is 0.481 e. The highest BCUT2D eigenvalue weighted by Crippen LogP contribution is 2.29. The Morgan fingerprint density at radius 1 is 1.44 bits per heavy atom. The van der Waals surface area contributed by atoms with Gasteiger partial charge in [-0.25, -0.2) is 0 Å². The molecule has 1 saturated carbocycles. The van der Waals surface area contributed by atoms with Gasteiger partial charge >= 0.3 is 5.97 Å². The maximum Gasteiger partial charge on any atom is 0.306 e. The average molecular weight is 424 g/mol. The van der Waals surface area contributed by atoms with Crippen LogP contribution in [0.4, 0.5) is 5.69 Å². The third kappa shape index (κ3) is 3.60. The van der Waals surface area contributed by atoms with Crippen LogP contribution in [-0.2, 0) is 4.79 Å². The van der Waals surface area contributed by atoms with Crippen LogP contribution in [0.15, 0.2) is 22.7 Å². The SMILES string of the molecule is O=C(O)C1CCCC(Nc2cc(Br)ccc2I)C1. The lowest BCUT2D eigenvalue weighted by atomic mass is 9.85. The van der Waals surface area contributed by atoms with Crippen LogP contribution in [-0.4, -0.2) is 17.1 Å². The second kappa shape index (κ2) is 6.23. The minimum absolute atomic E-state index is 0.193. The number of halogens is 2. The van der Waals surface area contributed by atoms with Gasteiger partial charge < -0.3 is 10.4 Å². The fourth-order valence-corrected chi connectivity index (χ4v) is 3.23. The van der Waals surface area contributed by atoms with Crippen molar-refractivity contribution < 1.29 is 9.90 Å². The monoisotopic (exact) mass is 423 g/mol. The molecule has 0 heterocycles. The van der Waals surface area contributed by atoms with E-state index in [1.807, 2.05) is 18.2 Å². The Morgan fingerprint density at radius 3 is 2.94 bits per heavy atom. The smallest absolute Gasteiger partial charge is 0.306 e. The molecule has 98 valence electrons. The zero-order chi connectivity index (χ0) is 13.1. The third-order valence-electron chi connectivity index (χ3n) is 3.31. The molecule has 1 aliphatic rings. The molecule has 2 atom stereocenters. The summed E-state index contributed by atoms with van der Waals surface area (Å²) in [4.78, 5) is 11.0. The fraction of sp³-hybridized carbons (Fsp3) is 0.462. The molecule has 2 N–H and O–H groups in total. The fourth-order valence-electron chi connectivity index (χ4n) is 2.37. The molecule has 3 nitrogen and oxygen atoms in total. The van der Waals surface area contributed by atoms with E-state index in [-0.39, 0.29) is 12.0 Å². The maximum absolute atomic E-state index is 11.0. The van der Waals surface area contributed by atoms with E-state index >= 15 is 0 Å². The average Bonchev–Trinajstić information content (AvgIpc) is 2.34. The molecule has 1 aliphatic carbocycles. The van der Waals surface area contributed by atoms with E-state index in [2.05, 4.69) is 43.8 Å². The molecule has 0 saturated heterocycles. The van der Waals surface area contributed by atoms with E-state index in [0.717, 1.165) is 39.4 Å². The molecule has 2 unspecified atom stereocenters. The molecule has 0 spiro atoms. The molecule has 0 amide bonds. The van der Waals surface area contributed by atoms with Crippen LogP contribution in [0.1, 0.15) is 25.7 Å². The first-order chi connectivity index (χ1) is 8.56. The predicted molar refractivity (Wildman–Crippen MR) is 83.9 cm³/mol. The van der Waals surface area contributed by atoms with Gasteiger partial charge in [-0.3, -0.25) is 4.79 Å². The molecule has 1 aromatic carbocycles. The molecule has 5 heteroatoms. The number of nitrogens with one attached hydrogen (secondary N) is 1. The molecular formula is C13H15BrINO2. The maximum atomic E-state index is 11.0. The van der Waals surface area contributed by atoms with Gasteiger partial charge in [0.15, 0.2) is 0 Å². The highest BCUT2D eigenvalue weighted by Gasteiger charge is 2.27. The van der Waals surface area contributed by atoms with E-state index in [9.17, 15) is 4.79 Å². The van der Waals surface area contributed by atoms with E-state index < -0.39 is 5.97 Å². The quantitative estimate of drug-likeness (QED) is 0.719. The summed E-state index contributed by atoms with van der Waals surface area (Å²) in [6.07, 6.45) is 3.56. The Balaban J connectivity index is 2.04. The number of rotatable bonds is 3. The molecule has 1 fully saturated rings. The normalized spacial score (nSPS) is 23.7. The summed E-state index contributed by atoms with van der Waals surface area (Å²) in [5.74, 6) is -0.855. The first-order valence-corrected chi connectivity index (χ1v) is 7.88. The van der Waals surface area contributed by atoms with Gasteiger partial charge in [0.25, 0.3) is 0 Å². The standard InChI is InChI=1S/C13H15BrINO2/c14-9-4-5-11(15)12(7-9)16-10-3-1-2-8(6-10)13(17)18/h4-5,7-8,10,16H,1-3,6H2,(H,17,18). The Morgan fingerprint density at radius 2 is 2.22 bits per heavy atom. The third-order valence-corrected chi connectivity index (χ3v) is 4.75. The number of carboxylic acids is 1. The van der Waals surface area contributed by atoms with Crippen LogP contribution < -0.4 is 5.32 Å². The molecule has 0 bridgehead atoms. The van der Waals surface area contributed by atoms with Crippen molar-refractivity contribution in [3.05, 3.63) is 26.2 Å². The van der Waals surface area contributed by atoms with Crippen molar-refractivity contribution in [3.8, 4) is 0 Å². The van der Waals surface area contributed by atoms with E-state index in [1.165, 1.54) is 0 Å². The lowest BCUT2D eigenvalue weighted by Gasteiger charge is -2.28. The van der Waals surface area contributed by atoms with Crippen LogP contribution >= 0.6 is 38.5 Å². The summed E-state index contributed by atoms with van der Waals surface area (Å²) in [5, 5.41) is 12.6. The highest BCUT2D eigenvalue weighted by atomic mass is 127. The summed E-state index contributed by atoms with van der Waals surface area (Å²) >= 11 is 5.75. The topological polar surface area (TPSA) is 49.3 Å². The number of anilines is 1. The Bertz CT molecular complexity index is 453. The van der Waals surface area contributed by atoms with Gasteiger partial charge in [0.05, 0.1) is 5.92 Å². The van der Waals surface area contributed by atoms with Crippen molar-refractivity contribution in [1.29, 1.82) is 0 Å². The first kappa shape index (κ1) is 14.1. The van der Waals surface area contributed by atoms with Crippen molar-refractivity contribution in [2.24, 2.45) is 5.92 Å². The van der Waals surface area contributed by atoms with Crippen LogP contribution in [0.3, 0.4) is 0 Å². The summed E-state index contributed by atoms with van der Waals surface area (Å²) in [6.45, 7) is 0. The van der Waals surface area contributed by atoms with E-state index in [1.54, 1.807) is 0 Å². The van der Waals surface area contributed by atoms with Gasteiger partial charge in [-0.1, -0.05) is 22.4 Å². The molecule has 0 aliphatic heterocycles. The van der Waals surface area contributed by atoms with Gasteiger partial charge in [0, 0.05) is 19.8 Å². The Hall–Kier alpha value is -0.300. The first-order valence-electron chi connectivity index (χ1n) is 6.00. The lowest BCUT2D eigenvalue weighted by molar-refractivity contribution is -0.142. The number of hydrogen-bond donors (Lipinski definition) is 2. The second-order valence-corrected chi connectivity index (χ2v) is 6.75. The highest BCUT2D eigenvalue weighted by molar-refractivity contribution is 14.1. The molecule has 0 aromatic heterocycles. The van der Waals surface area contributed by atoms with E-state index in [4.69, 9.17) is 5.11 Å². The second-order valence-electron chi connectivity index (χ2n) is 4.67. The van der Waals surface area contributed by atoms with Gasteiger partial charge in [0.2, 0.25) is 0 Å². The van der Waals surface area contributed by atoms with Crippen LogP contribution in [0.2, 0.25) is 0 Å². The van der Waals surface area contributed by atoms with Crippen molar-refractivity contribution in [2.75, 3.05) is 5.32 Å². The lowest BCUT2D eigenvalue weighted by Crippen LogP contribution is -2.31. The number of carboxylic acid groups (broad SMARTS) is 1. The molecular weight excluding hydrogens is 409 g/mol. The molecule has 2 rings (SSSR count). The Kier molecular flexibility index (Phi) is 4.89. The number of carbonyl (C=O) groups is 1. The van der Waals surface area contributed by atoms with Gasteiger partial charge in [-0.2, -0.15) is 0 Å². The zero-order valence-corrected chi connectivity index (χ0v) is 13.6. The molecule has 0 radical (unpaired) electrons. The van der Waals surface area contributed by atoms with Crippen LogP contribution in [0.25, 0.3) is 0 Å². The summed E-state index contributed by atoms with van der Waals surface area (Å²) in [6, 6.07) is 6.37. The molecule has 1 aromatic rings. The van der Waals surface area contributed by atoms with Gasteiger partial charge in [-0.15, -0.1) is 0 Å². The van der Waals surface area contributed by atoms with Gasteiger partial charge in [0.1, 0.15) is 0 Å². The summed E-state index contributed by atoms with van der Waals surface area (Å²) in [5.41, 5.74) is 1.08. The van der Waals surface area contributed by atoms with Crippen molar-refractivity contribution in [3.63, 3.8) is 0 Å². The van der Waals surface area contributed by atoms with E-state index in [0.29, 0.717) is 0 Å². The van der Waals surface area contributed by atoms with Crippen LogP contribution in [0.5, 0.6) is 0 Å². The summed E-state index contributed by atoms with van der Waals surface area (Å²) < 4.78 is 2.20. The minimum atomic E-state index is -0.662. The minimum Gasteiger partial charge on any atom is -0.481 e. The molecule has 18 heavy (non-hydrogen) atoms. The number of aliphatic carboxylic acids is 1. The zero-order valence-electron chi connectivity index (χ0n) is 9.83. The van der Waals surface area contributed by atoms with Gasteiger partial charge in [-0.05, 0) is 60.1 Å². The Labute approximate surface area is 129 Å². The predicted octanol–water partition coefficient (Wildman–Crippen LogP) is 4.11. The number of benzene rings is 1.